The molecule has 0 unspecified atom stereocenters. The van der Waals surface area contributed by atoms with Gasteiger partial charge in [-0.3, -0.25) is 9.52 Å². The molecule has 0 aromatic heterocycles. The highest BCUT2D eigenvalue weighted by atomic mass is 32.2. The van der Waals surface area contributed by atoms with E-state index in [0.717, 1.165) is 43.6 Å². The second-order valence-electron chi connectivity index (χ2n) is 7.08. The van der Waals surface area contributed by atoms with Crippen molar-refractivity contribution in [2.75, 3.05) is 24.9 Å². The second kappa shape index (κ2) is 8.70. The van der Waals surface area contributed by atoms with Crippen LogP contribution < -0.4 is 10.0 Å². The molecule has 1 aliphatic rings. The third-order valence-electron chi connectivity index (χ3n) is 4.78. The zero-order valence-electron chi connectivity index (χ0n) is 15.7. The average molecular weight is 405 g/mol. The zero-order chi connectivity index (χ0) is 20.1. The molecule has 0 spiro atoms. The van der Waals surface area contributed by atoms with Gasteiger partial charge in [0, 0.05) is 11.7 Å². The Balaban J connectivity index is 1.56. The summed E-state index contributed by atoms with van der Waals surface area (Å²) in [5.41, 5.74) is 1.18. The monoisotopic (exact) mass is 405 g/mol. The van der Waals surface area contributed by atoms with Crippen molar-refractivity contribution in [2.45, 2.75) is 30.2 Å². The molecule has 0 saturated carbocycles. The summed E-state index contributed by atoms with van der Waals surface area (Å²) in [7, 11) is -1.72. The van der Waals surface area contributed by atoms with Crippen LogP contribution in [0.4, 0.5) is 10.1 Å². The number of hydrogen-bond donors (Lipinski definition) is 2. The van der Waals surface area contributed by atoms with E-state index in [1.54, 1.807) is 24.3 Å². The van der Waals surface area contributed by atoms with Crippen LogP contribution >= 0.6 is 0 Å². The standard InChI is InChI=1S/C20H24FN3O3S/c1-24-12-10-17(11-13-24)22-20(25)14-15-2-6-18(7-3-15)23-28(26,27)19-8-4-16(21)5-9-19/h2-9,17,23H,10-14H2,1H3,(H,22,25). The van der Waals surface area contributed by atoms with Crippen LogP contribution in [0.15, 0.2) is 53.4 Å². The van der Waals surface area contributed by atoms with Crippen molar-refractivity contribution < 1.29 is 17.6 Å². The number of anilines is 1. The second-order valence-corrected chi connectivity index (χ2v) is 8.76. The maximum atomic E-state index is 13.0. The lowest BCUT2D eigenvalue weighted by molar-refractivity contribution is -0.121. The number of rotatable bonds is 6. The summed E-state index contributed by atoms with van der Waals surface area (Å²) < 4.78 is 40.1. The highest BCUT2D eigenvalue weighted by molar-refractivity contribution is 7.92. The van der Waals surface area contributed by atoms with Crippen LogP contribution in [-0.4, -0.2) is 45.4 Å². The lowest BCUT2D eigenvalue weighted by Gasteiger charge is -2.29. The van der Waals surface area contributed by atoms with E-state index < -0.39 is 15.8 Å². The molecule has 1 saturated heterocycles. The van der Waals surface area contributed by atoms with E-state index in [4.69, 9.17) is 0 Å². The molecule has 1 amide bonds. The molecule has 1 heterocycles. The first-order valence-corrected chi connectivity index (χ1v) is 10.7. The smallest absolute Gasteiger partial charge is 0.261 e. The highest BCUT2D eigenvalue weighted by Crippen LogP contribution is 2.17. The highest BCUT2D eigenvalue weighted by Gasteiger charge is 2.18. The van der Waals surface area contributed by atoms with Gasteiger partial charge in [0.2, 0.25) is 5.91 Å². The SMILES string of the molecule is CN1CCC(NC(=O)Cc2ccc(NS(=O)(=O)c3ccc(F)cc3)cc2)CC1. The molecular formula is C20H24FN3O3S. The molecule has 2 aromatic carbocycles. The number of hydrogen-bond acceptors (Lipinski definition) is 4. The number of likely N-dealkylation sites (tertiary alicyclic amines) is 1. The first-order valence-electron chi connectivity index (χ1n) is 9.17. The molecule has 1 fully saturated rings. The van der Waals surface area contributed by atoms with Crippen molar-refractivity contribution in [3.8, 4) is 0 Å². The van der Waals surface area contributed by atoms with Gasteiger partial charge in [0.05, 0.1) is 11.3 Å². The Hall–Kier alpha value is -2.45. The molecule has 0 radical (unpaired) electrons. The summed E-state index contributed by atoms with van der Waals surface area (Å²) in [6.45, 7) is 1.96. The number of piperidine rings is 1. The fourth-order valence-corrected chi connectivity index (χ4v) is 4.19. The van der Waals surface area contributed by atoms with Crippen molar-refractivity contribution in [3.05, 3.63) is 59.9 Å². The van der Waals surface area contributed by atoms with Crippen LogP contribution in [-0.2, 0) is 21.2 Å². The first kappa shape index (κ1) is 20.3. The predicted octanol–water partition coefficient (Wildman–Crippen LogP) is 2.38. The van der Waals surface area contributed by atoms with E-state index in [1.165, 1.54) is 12.1 Å². The molecule has 3 rings (SSSR count). The molecule has 8 heteroatoms. The first-order chi connectivity index (χ1) is 13.3. The Morgan fingerprint density at radius 1 is 1.07 bits per heavy atom. The van der Waals surface area contributed by atoms with Gasteiger partial charge in [-0.25, -0.2) is 12.8 Å². The fourth-order valence-electron chi connectivity index (χ4n) is 3.14. The zero-order valence-corrected chi connectivity index (χ0v) is 16.5. The molecular weight excluding hydrogens is 381 g/mol. The van der Waals surface area contributed by atoms with E-state index in [-0.39, 0.29) is 23.3 Å². The number of sulfonamides is 1. The van der Waals surface area contributed by atoms with Crippen molar-refractivity contribution in [1.29, 1.82) is 0 Å². The van der Waals surface area contributed by atoms with Gasteiger partial charge in [0.1, 0.15) is 5.82 Å². The van der Waals surface area contributed by atoms with Crippen LogP contribution in [0.25, 0.3) is 0 Å². The van der Waals surface area contributed by atoms with Gasteiger partial charge in [-0.05, 0) is 74.9 Å². The lowest BCUT2D eigenvalue weighted by atomic mass is 10.0. The number of benzene rings is 2. The van der Waals surface area contributed by atoms with Crippen molar-refractivity contribution in [2.24, 2.45) is 0 Å². The number of nitrogens with zero attached hydrogens (tertiary/aromatic N) is 1. The van der Waals surface area contributed by atoms with Gasteiger partial charge in [-0.1, -0.05) is 12.1 Å². The van der Waals surface area contributed by atoms with Gasteiger partial charge in [0.15, 0.2) is 0 Å². The van der Waals surface area contributed by atoms with Crippen molar-refractivity contribution in [3.63, 3.8) is 0 Å². The van der Waals surface area contributed by atoms with Crippen LogP contribution in [0.2, 0.25) is 0 Å². The lowest BCUT2D eigenvalue weighted by Crippen LogP contribution is -2.43. The number of nitrogens with one attached hydrogen (secondary N) is 2. The molecule has 0 aliphatic carbocycles. The Bertz CT molecular complexity index is 907. The minimum Gasteiger partial charge on any atom is -0.353 e. The topological polar surface area (TPSA) is 78.5 Å². The van der Waals surface area contributed by atoms with E-state index in [0.29, 0.717) is 5.69 Å². The van der Waals surface area contributed by atoms with E-state index in [2.05, 4.69) is 22.0 Å². The minimum absolute atomic E-state index is 0.0181. The molecule has 2 N–H and O–H groups in total. The average Bonchev–Trinajstić information content (AvgIpc) is 2.65. The van der Waals surface area contributed by atoms with E-state index >= 15 is 0 Å². The third-order valence-corrected chi connectivity index (χ3v) is 6.18. The van der Waals surface area contributed by atoms with Crippen LogP contribution in [0.1, 0.15) is 18.4 Å². The molecule has 28 heavy (non-hydrogen) atoms. The van der Waals surface area contributed by atoms with Gasteiger partial charge in [0.25, 0.3) is 10.0 Å². The number of carbonyl (C=O) groups is 1. The van der Waals surface area contributed by atoms with Gasteiger partial charge < -0.3 is 10.2 Å². The number of amides is 1. The van der Waals surface area contributed by atoms with Crippen LogP contribution in [0.3, 0.4) is 0 Å². The fraction of sp³-hybridized carbons (Fsp3) is 0.350. The van der Waals surface area contributed by atoms with Gasteiger partial charge in [-0.2, -0.15) is 0 Å². The Morgan fingerprint density at radius 3 is 2.29 bits per heavy atom. The maximum absolute atomic E-state index is 13.0. The molecule has 1 aliphatic heterocycles. The summed E-state index contributed by atoms with van der Waals surface area (Å²) in [5, 5.41) is 3.06. The molecule has 0 atom stereocenters. The molecule has 6 nitrogen and oxygen atoms in total. The summed E-state index contributed by atoms with van der Waals surface area (Å²) in [6, 6.07) is 11.5. The largest absolute Gasteiger partial charge is 0.353 e. The van der Waals surface area contributed by atoms with Gasteiger partial charge >= 0.3 is 0 Å². The Kier molecular flexibility index (Phi) is 6.31. The van der Waals surface area contributed by atoms with Crippen LogP contribution in [0, 0.1) is 5.82 Å². The number of halogens is 1. The molecule has 150 valence electrons. The summed E-state index contributed by atoms with van der Waals surface area (Å²) in [4.78, 5) is 14.4. The number of carbonyl (C=O) groups excluding carboxylic acids is 1. The van der Waals surface area contributed by atoms with Crippen molar-refractivity contribution >= 4 is 21.6 Å². The quantitative estimate of drug-likeness (QED) is 0.774. The Labute approximate surface area is 164 Å². The van der Waals surface area contributed by atoms with Gasteiger partial charge in [-0.15, -0.1) is 0 Å². The third kappa shape index (κ3) is 5.53. The van der Waals surface area contributed by atoms with E-state index in [1.807, 2.05) is 0 Å². The van der Waals surface area contributed by atoms with E-state index in [9.17, 15) is 17.6 Å². The summed E-state index contributed by atoms with van der Waals surface area (Å²) in [5.74, 6) is -0.531. The minimum atomic E-state index is -3.79. The summed E-state index contributed by atoms with van der Waals surface area (Å²) in [6.07, 6.45) is 2.15. The predicted molar refractivity (Wildman–Crippen MR) is 106 cm³/mol. The Morgan fingerprint density at radius 2 is 1.68 bits per heavy atom. The van der Waals surface area contributed by atoms with Crippen molar-refractivity contribution in [1.82, 2.24) is 10.2 Å². The molecule has 2 aromatic rings. The normalized spacial score (nSPS) is 15.9. The summed E-state index contributed by atoms with van der Waals surface area (Å²) >= 11 is 0. The maximum Gasteiger partial charge on any atom is 0.261 e. The molecule has 0 bridgehead atoms. The van der Waals surface area contributed by atoms with Crippen LogP contribution in [0.5, 0.6) is 0 Å².